The Hall–Kier alpha value is -0.770. The summed E-state index contributed by atoms with van der Waals surface area (Å²) in [5.74, 6) is 1.45. The van der Waals surface area contributed by atoms with Gasteiger partial charge in [-0.25, -0.2) is 0 Å². The minimum atomic E-state index is 0.489. The smallest absolute Gasteiger partial charge is 0.122 e. The molecule has 1 aromatic rings. The Morgan fingerprint density at radius 2 is 2.00 bits per heavy atom. The number of halogens is 1. The maximum atomic E-state index is 6.22. The van der Waals surface area contributed by atoms with Gasteiger partial charge in [0.25, 0.3) is 0 Å². The molecule has 0 radical (unpaired) electrons. The third-order valence-corrected chi connectivity index (χ3v) is 4.85. The highest BCUT2D eigenvalue weighted by Crippen LogP contribution is 2.34. The first-order chi connectivity index (χ1) is 10.7. The van der Waals surface area contributed by atoms with Crippen molar-refractivity contribution >= 4 is 11.6 Å². The van der Waals surface area contributed by atoms with Gasteiger partial charge in [0.15, 0.2) is 0 Å². The summed E-state index contributed by atoms with van der Waals surface area (Å²) >= 11 is 6.22. The van der Waals surface area contributed by atoms with Crippen LogP contribution in [0.4, 0.5) is 0 Å². The molecule has 2 rings (SSSR count). The largest absolute Gasteiger partial charge is 0.496 e. The summed E-state index contributed by atoms with van der Waals surface area (Å²) in [6.07, 6.45) is 6.37. The van der Waals surface area contributed by atoms with Crippen LogP contribution < -0.4 is 10.1 Å². The SMILES string of the molecule is CNCCC(CCN1CCCCC1)c1cc(Cl)ccc1OC. The van der Waals surface area contributed by atoms with Crippen molar-refractivity contribution in [3.05, 3.63) is 28.8 Å². The minimum Gasteiger partial charge on any atom is -0.496 e. The molecule has 0 amide bonds. The number of rotatable bonds is 8. The van der Waals surface area contributed by atoms with Crippen LogP contribution in [0.25, 0.3) is 0 Å². The van der Waals surface area contributed by atoms with E-state index in [9.17, 15) is 0 Å². The first kappa shape index (κ1) is 17.6. The van der Waals surface area contributed by atoms with Crippen LogP contribution in [0.15, 0.2) is 18.2 Å². The van der Waals surface area contributed by atoms with Crippen molar-refractivity contribution in [3.8, 4) is 5.75 Å². The summed E-state index contributed by atoms with van der Waals surface area (Å²) in [5, 5.41) is 4.07. The average Bonchev–Trinajstić information content (AvgIpc) is 2.56. The van der Waals surface area contributed by atoms with Crippen molar-refractivity contribution in [1.82, 2.24) is 10.2 Å². The van der Waals surface area contributed by atoms with Gasteiger partial charge < -0.3 is 15.0 Å². The summed E-state index contributed by atoms with van der Waals surface area (Å²) < 4.78 is 5.56. The molecule has 0 aromatic heterocycles. The van der Waals surface area contributed by atoms with E-state index in [0.29, 0.717) is 5.92 Å². The van der Waals surface area contributed by atoms with Crippen LogP contribution in [-0.4, -0.2) is 45.2 Å². The maximum absolute atomic E-state index is 6.22. The topological polar surface area (TPSA) is 24.5 Å². The molecule has 1 heterocycles. The third kappa shape index (κ3) is 5.15. The lowest BCUT2D eigenvalue weighted by atomic mass is 9.91. The van der Waals surface area contributed by atoms with Crippen LogP contribution in [0, 0.1) is 0 Å². The number of nitrogens with zero attached hydrogens (tertiary/aromatic N) is 1. The van der Waals surface area contributed by atoms with E-state index in [1.165, 1.54) is 50.9 Å². The van der Waals surface area contributed by atoms with Crippen molar-refractivity contribution in [2.24, 2.45) is 0 Å². The van der Waals surface area contributed by atoms with Crippen molar-refractivity contribution in [2.75, 3.05) is 40.3 Å². The van der Waals surface area contributed by atoms with Crippen molar-refractivity contribution in [3.63, 3.8) is 0 Å². The molecular weight excluding hydrogens is 296 g/mol. The molecule has 0 aliphatic carbocycles. The monoisotopic (exact) mass is 324 g/mol. The van der Waals surface area contributed by atoms with Crippen molar-refractivity contribution < 1.29 is 4.74 Å². The molecule has 0 bridgehead atoms. The second kappa shape index (κ2) is 9.39. The Morgan fingerprint density at radius 1 is 1.23 bits per heavy atom. The molecule has 1 unspecified atom stereocenters. The Labute approximate surface area is 140 Å². The summed E-state index contributed by atoms with van der Waals surface area (Å²) in [7, 11) is 3.75. The Morgan fingerprint density at radius 3 is 2.68 bits per heavy atom. The highest BCUT2D eigenvalue weighted by atomic mass is 35.5. The highest BCUT2D eigenvalue weighted by Gasteiger charge is 2.19. The molecule has 1 aliphatic heterocycles. The van der Waals surface area contributed by atoms with Crippen molar-refractivity contribution in [2.45, 2.75) is 38.0 Å². The summed E-state index contributed by atoms with van der Waals surface area (Å²) in [5.41, 5.74) is 1.25. The second-order valence-electron chi connectivity index (χ2n) is 6.17. The second-order valence-corrected chi connectivity index (χ2v) is 6.60. The Bertz CT molecular complexity index is 447. The first-order valence-corrected chi connectivity index (χ1v) is 8.82. The van der Waals surface area contributed by atoms with E-state index >= 15 is 0 Å². The molecule has 3 nitrogen and oxygen atoms in total. The number of ether oxygens (including phenoxy) is 1. The quantitative estimate of drug-likeness (QED) is 0.784. The van der Waals surface area contributed by atoms with Crippen LogP contribution in [0.5, 0.6) is 5.75 Å². The molecule has 1 saturated heterocycles. The zero-order chi connectivity index (χ0) is 15.8. The number of piperidine rings is 1. The maximum Gasteiger partial charge on any atom is 0.122 e. The van der Waals surface area contributed by atoms with E-state index in [0.717, 1.165) is 23.7 Å². The van der Waals surface area contributed by atoms with E-state index in [1.54, 1.807) is 7.11 Å². The van der Waals surface area contributed by atoms with Gasteiger partial charge in [0.1, 0.15) is 5.75 Å². The first-order valence-electron chi connectivity index (χ1n) is 8.45. The molecule has 1 fully saturated rings. The van der Waals surface area contributed by atoms with E-state index in [1.807, 2.05) is 19.2 Å². The fraction of sp³-hybridized carbons (Fsp3) is 0.667. The number of hydrogen-bond donors (Lipinski definition) is 1. The normalized spacial score (nSPS) is 17.4. The van der Waals surface area contributed by atoms with Gasteiger partial charge in [0.2, 0.25) is 0 Å². The van der Waals surface area contributed by atoms with Gasteiger partial charge >= 0.3 is 0 Å². The Balaban J connectivity index is 2.05. The number of hydrogen-bond acceptors (Lipinski definition) is 3. The van der Waals surface area contributed by atoms with Gasteiger partial charge in [-0.1, -0.05) is 18.0 Å². The molecular formula is C18H29ClN2O. The summed E-state index contributed by atoms with van der Waals surface area (Å²) in [6, 6.07) is 5.98. The standard InChI is InChI=1S/C18H29ClN2O/c1-20-10-8-15(9-13-21-11-4-3-5-12-21)17-14-16(19)6-7-18(17)22-2/h6-7,14-15,20H,3-5,8-13H2,1-2H3. The summed E-state index contributed by atoms with van der Waals surface area (Å²) in [6.45, 7) is 4.70. The van der Waals surface area contributed by atoms with E-state index < -0.39 is 0 Å². The highest BCUT2D eigenvalue weighted by molar-refractivity contribution is 6.30. The number of likely N-dealkylation sites (tertiary alicyclic amines) is 1. The predicted octanol–water partition coefficient (Wildman–Crippen LogP) is 3.92. The van der Waals surface area contributed by atoms with Crippen LogP contribution in [0.2, 0.25) is 5.02 Å². The molecule has 1 N–H and O–H groups in total. The molecule has 22 heavy (non-hydrogen) atoms. The molecule has 1 aliphatic rings. The van der Waals surface area contributed by atoms with Gasteiger partial charge in [-0.15, -0.1) is 0 Å². The molecule has 1 atom stereocenters. The zero-order valence-corrected chi connectivity index (χ0v) is 14.7. The number of nitrogens with one attached hydrogen (secondary N) is 1. The summed E-state index contributed by atoms with van der Waals surface area (Å²) in [4.78, 5) is 2.60. The molecule has 4 heteroatoms. The fourth-order valence-corrected chi connectivity index (χ4v) is 3.50. The van der Waals surface area contributed by atoms with E-state index in [2.05, 4.69) is 16.3 Å². The van der Waals surface area contributed by atoms with Crippen LogP contribution in [-0.2, 0) is 0 Å². The predicted molar refractivity (Wildman–Crippen MR) is 94.2 cm³/mol. The lowest BCUT2D eigenvalue weighted by molar-refractivity contribution is 0.219. The fourth-order valence-electron chi connectivity index (χ4n) is 3.32. The molecule has 0 saturated carbocycles. The Kier molecular flexibility index (Phi) is 7.50. The average molecular weight is 325 g/mol. The van der Waals surface area contributed by atoms with E-state index in [4.69, 9.17) is 16.3 Å². The van der Waals surface area contributed by atoms with Gasteiger partial charge in [-0.2, -0.15) is 0 Å². The van der Waals surface area contributed by atoms with Gasteiger partial charge in [-0.3, -0.25) is 0 Å². The van der Waals surface area contributed by atoms with Gasteiger partial charge in [0.05, 0.1) is 7.11 Å². The van der Waals surface area contributed by atoms with Crippen LogP contribution in [0.3, 0.4) is 0 Å². The molecule has 0 spiro atoms. The third-order valence-electron chi connectivity index (χ3n) is 4.62. The molecule has 124 valence electrons. The lowest BCUT2D eigenvalue weighted by Gasteiger charge is -2.29. The lowest BCUT2D eigenvalue weighted by Crippen LogP contribution is -2.31. The zero-order valence-electron chi connectivity index (χ0n) is 13.9. The van der Waals surface area contributed by atoms with Crippen LogP contribution in [0.1, 0.15) is 43.6 Å². The number of methoxy groups -OCH3 is 1. The van der Waals surface area contributed by atoms with Gasteiger partial charge in [-0.05, 0) is 88.6 Å². The van der Waals surface area contributed by atoms with E-state index in [-0.39, 0.29) is 0 Å². The molecule has 1 aromatic carbocycles. The minimum absolute atomic E-state index is 0.489. The van der Waals surface area contributed by atoms with Crippen molar-refractivity contribution in [1.29, 1.82) is 0 Å². The van der Waals surface area contributed by atoms with Crippen LogP contribution >= 0.6 is 11.6 Å². The number of benzene rings is 1. The van der Waals surface area contributed by atoms with Gasteiger partial charge in [0, 0.05) is 5.02 Å².